The summed E-state index contributed by atoms with van der Waals surface area (Å²) in [6, 6.07) is 8.12. The molecule has 0 radical (unpaired) electrons. The maximum atomic E-state index is 13.5. The lowest BCUT2D eigenvalue weighted by atomic mass is 9.77. The molecule has 212 valence electrons. The van der Waals surface area contributed by atoms with Crippen molar-refractivity contribution in [2.75, 3.05) is 6.61 Å². The molecular formula is C29H35F2NO7. The predicted molar refractivity (Wildman–Crippen MR) is 133 cm³/mol. The Labute approximate surface area is 226 Å². The van der Waals surface area contributed by atoms with Gasteiger partial charge in [-0.15, -0.1) is 0 Å². The molecule has 8 nitrogen and oxygen atoms in total. The first-order chi connectivity index (χ1) is 18.5. The van der Waals surface area contributed by atoms with Crippen molar-refractivity contribution in [3.8, 4) is 5.75 Å². The van der Waals surface area contributed by atoms with E-state index in [4.69, 9.17) is 14.2 Å². The number of carbonyl (C=O) groups excluding carboxylic acids is 4. The van der Waals surface area contributed by atoms with Crippen molar-refractivity contribution in [3.05, 3.63) is 30.3 Å². The van der Waals surface area contributed by atoms with Crippen LogP contribution in [0.2, 0.25) is 0 Å². The van der Waals surface area contributed by atoms with Crippen LogP contribution in [0.5, 0.6) is 5.75 Å². The number of ether oxygens (including phenoxy) is 3. The molecule has 5 rings (SSSR count). The highest BCUT2D eigenvalue weighted by atomic mass is 19.3. The van der Waals surface area contributed by atoms with Crippen molar-refractivity contribution in [2.45, 2.75) is 77.0 Å². The van der Waals surface area contributed by atoms with E-state index in [1.807, 2.05) is 13.8 Å². The van der Waals surface area contributed by atoms with Gasteiger partial charge in [-0.2, -0.15) is 0 Å². The Kier molecular flexibility index (Phi) is 7.41. The molecule has 4 fully saturated rings. The highest BCUT2D eigenvalue weighted by molar-refractivity contribution is 5.91. The number of esters is 3. The minimum atomic E-state index is -3.17. The summed E-state index contributed by atoms with van der Waals surface area (Å²) < 4.78 is 43.2. The summed E-state index contributed by atoms with van der Waals surface area (Å²) in [7, 11) is 0. The number of carbonyl (C=O) groups is 4. The van der Waals surface area contributed by atoms with E-state index in [2.05, 4.69) is 0 Å². The summed E-state index contributed by atoms with van der Waals surface area (Å²) in [4.78, 5) is 54.9. The molecule has 10 heteroatoms. The van der Waals surface area contributed by atoms with Gasteiger partial charge in [-0.25, -0.2) is 8.78 Å². The van der Waals surface area contributed by atoms with Crippen LogP contribution in [0.25, 0.3) is 0 Å². The van der Waals surface area contributed by atoms with Gasteiger partial charge in [-0.3, -0.25) is 19.2 Å². The average molecular weight is 548 g/mol. The Bertz CT molecular complexity index is 1120. The van der Waals surface area contributed by atoms with Crippen LogP contribution in [0.3, 0.4) is 0 Å². The molecule has 1 aliphatic heterocycles. The Morgan fingerprint density at radius 1 is 1.00 bits per heavy atom. The Balaban J connectivity index is 1.36. The van der Waals surface area contributed by atoms with E-state index < -0.39 is 66.1 Å². The first kappa shape index (κ1) is 27.5. The van der Waals surface area contributed by atoms with E-state index in [-0.39, 0.29) is 23.9 Å². The molecule has 1 amide bonds. The summed E-state index contributed by atoms with van der Waals surface area (Å²) in [5.41, 5.74) is 0. The molecular weight excluding hydrogens is 512 g/mol. The third kappa shape index (κ3) is 5.14. The molecule has 1 aromatic rings. The smallest absolute Gasteiger partial charge is 0.315 e. The molecule has 1 saturated heterocycles. The average Bonchev–Trinajstić information content (AvgIpc) is 3.50. The molecule has 1 aromatic carbocycles. The third-order valence-electron chi connectivity index (χ3n) is 8.79. The molecule has 8 unspecified atom stereocenters. The number of rotatable bonds is 8. The molecule has 1 heterocycles. The van der Waals surface area contributed by atoms with Crippen LogP contribution in [-0.2, 0) is 28.7 Å². The fourth-order valence-electron chi connectivity index (χ4n) is 7.32. The highest BCUT2D eigenvalue weighted by Gasteiger charge is 2.71. The van der Waals surface area contributed by atoms with Gasteiger partial charge in [-0.1, -0.05) is 31.0 Å². The minimum absolute atomic E-state index is 0.129. The van der Waals surface area contributed by atoms with Crippen molar-refractivity contribution in [1.82, 2.24) is 4.90 Å². The van der Waals surface area contributed by atoms with E-state index in [0.29, 0.717) is 44.8 Å². The van der Waals surface area contributed by atoms with E-state index in [0.717, 1.165) is 0 Å². The van der Waals surface area contributed by atoms with Crippen molar-refractivity contribution in [3.63, 3.8) is 0 Å². The van der Waals surface area contributed by atoms with Crippen molar-refractivity contribution >= 4 is 23.8 Å². The third-order valence-corrected chi connectivity index (χ3v) is 8.79. The fourth-order valence-corrected chi connectivity index (χ4v) is 7.32. The topological polar surface area (TPSA) is 99.2 Å². The van der Waals surface area contributed by atoms with Crippen LogP contribution in [0.4, 0.5) is 8.78 Å². The van der Waals surface area contributed by atoms with Crippen LogP contribution >= 0.6 is 0 Å². The van der Waals surface area contributed by atoms with Crippen LogP contribution in [-0.4, -0.2) is 59.4 Å². The molecule has 3 saturated carbocycles. The summed E-state index contributed by atoms with van der Waals surface area (Å²) in [6.45, 7) is 3.40. The van der Waals surface area contributed by atoms with Gasteiger partial charge in [0.25, 0.3) is 5.92 Å². The van der Waals surface area contributed by atoms with Crippen molar-refractivity contribution in [1.29, 1.82) is 0 Å². The van der Waals surface area contributed by atoms with Gasteiger partial charge in [0.1, 0.15) is 11.9 Å². The number of amides is 1. The van der Waals surface area contributed by atoms with Crippen molar-refractivity contribution in [2.24, 2.45) is 35.5 Å². The van der Waals surface area contributed by atoms with Gasteiger partial charge in [0.05, 0.1) is 29.7 Å². The zero-order chi connectivity index (χ0) is 28.1. The van der Waals surface area contributed by atoms with E-state index in [9.17, 15) is 28.0 Å². The van der Waals surface area contributed by atoms with Gasteiger partial charge < -0.3 is 19.1 Å². The Morgan fingerprint density at radius 3 is 2.26 bits per heavy atom. The lowest BCUT2D eigenvalue weighted by Crippen LogP contribution is -2.50. The molecule has 3 aliphatic carbocycles. The van der Waals surface area contributed by atoms with Gasteiger partial charge in [0.15, 0.2) is 6.61 Å². The van der Waals surface area contributed by atoms with Crippen LogP contribution in [0.1, 0.15) is 52.9 Å². The van der Waals surface area contributed by atoms with Gasteiger partial charge >= 0.3 is 17.9 Å². The molecule has 2 bridgehead atoms. The van der Waals surface area contributed by atoms with Gasteiger partial charge in [0, 0.05) is 18.9 Å². The number of alkyl halides is 2. The molecule has 0 aromatic heterocycles. The maximum Gasteiger partial charge on any atom is 0.315 e. The number of para-hydroxylation sites is 1. The minimum Gasteiger partial charge on any atom is -0.460 e. The van der Waals surface area contributed by atoms with E-state index >= 15 is 0 Å². The number of nitrogens with zero attached hydrogens (tertiary/aromatic N) is 1. The van der Waals surface area contributed by atoms with Crippen molar-refractivity contribution < 1.29 is 42.2 Å². The second-order valence-electron chi connectivity index (χ2n) is 11.8. The second-order valence-corrected chi connectivity index (χ2v) is 11.8. The van der Waals surface area contributed by atoms with Crippen LogP contribution < -0.4 is 4.74 Å². The number of benzene rings is 1. The van der Waals surface area contributed by atoms with Gasteiger partial charge in [0.2, 0.25) is 5.91 Å². The number of fused-ring (bicyclic) bond motifs is 1. The lowest BCUT2D eigenvalue weighted by Gasteiger charge is -2.37. The summed E-state index contributed by atoms with van der Waals surface area (Å²) >= 11 is 0. The van der Waals surface area contributed by atoms with E-state index in [1.54, 1.807) is 35.2 Å². The lowest BCUT2D eigenvalue weighted by molar-refractivity contribution is -0.174. The number of hydrogen-bond acceptors (Lipinski definition) is 7. The van der Waals surface area contributed by atoms with E-state index in [1.165, 1.54) is 0 Å². The monoisotopic (exact) mass is 547 g/mol. The molecule has 39 heavy (non-hydrogen) atoms. The molecule has 0 N–H and O–H groups in total. The van der Waals surface area contributed by atoms with Crippen LogP contribution in [0, 0.1) is 35.5 Å². The number of halogens is 2. The first-order valence-electron chi connectivity index (χ1n) is 13.8. The summed E-state index contributed by atoms with van der Waals surface area (Å²) in [5.74, 6) is -8.38. The molecule has 0 spiro atoms. The summed E-state index contributed by atoms with van der Waals surface area (Å²) in [5, 5.41) is 0. The largest absolute Gasteiger partial charge is 0.460 e. The number of likely N-dealkylation sites (tertiary alicyclic amines) is 1. The quantitative estimate of drug-likeness (QED) is 0.358. The SMILES string of the molecule is CC(C)N1C(=O)C2C3CC(C(OC(=O)C4CCCCC4C(=O)OCC(C)(F)F)C31)C2C(=O)Oc1ccccc1. The normalized spacial score (nSPS) is 33.4. The predicted octanol–water partition coefficient (Wildman–Crippen LogP) is 4.01. The Hall–Kier alpha value is -3.04. The fraction of sp³-hybridized carbons (Fsp3) is 0.655. The Morgan fingerprint density at radius 2 is 1.64 bits per heavy atom. The second kappa shape index (κ2) is 10.5. The molecule has 4 aliphatic rings. The maximum absolute atomic E-state index is 13.5. The zero-order valence-electron chi connectivity index (χ0n) is 22.4. The first-order valence-corrected chi connectivity index (χ1v) is 13.8. The zero-order valence-corrected chi connectivity index (χ0v) is 22.4. The summed E-state index contributed by atoms with van der Waals surface area (Å²) in [6.07, 6.45) is 1.92. The highest BCUT2D eigenvalue weighted by Crippen LogP contribution is 2.60. The number of hydrogen-bond donors (Lipinski definition) is 0. The van der Waals surface area contributed by atoms with Crippen LogP contribution in [0.15, 0.2) is 30.3 Å². The molecule has 8 atom stereocenters. The standard InChI is InChI=1S/C29H35F2NO7/c1-15(2)32-23-19-13-20(22(21(19)25(32)33)28(36)38-16-9-5-4-6-10-16)24(23)39-27(35)18-12-8-7-11-17(18)26(34)37-14-29(3,30)31/h4-6,9-10,15,17-24H,7-8,11-14H2,1-3H3. The van der Waals surface area contributed by atoms with Gasteiger partial charge in [-0.05, 0) is 51.2 Å².